The fourth-order valence-corrected chi connectivity index (χ4v) is 2.95. The van der Waals surface area contributed by atoms with Crippen LogP contribution in [0.5, 0.6) is 5.75 Å². The van der Waals surface area contributed by atoms with Crippen molar-refractivity contribution >= 4 is 0 Å². The Hall–Kier alpha value is -1.80. The molecular weight excluding hydrogens is 258 g/mol. The first-order chi connectivity index (χ1) is 10.3. The van der Waals surface area contributed by atoms with Gasteiger partial charge in [-0.25, -0.2) is 0 Å². The lowest BCUT2D eigenvalue weighted by atomic mass is 10.0. The molecule has 3 rings (SSSR count). The summed E-state index contributed by atoms with van der Waals surface area (Å²) in [6.07, 6.45) is 3.73. The molecule has 21 heavy (non-hydrogen) atoms. The van der Waals surface area contributed by atoms with Gasteiger partial charge >= 0.3 is 0 Å². The van der Waals surface area contributed by atoms with Gasteiger partial charge in [0.2, 0.25) is 0 Å². The molecule has 2 aromatic rings. The Morgan fingerprint density at radius 2 is 1.95 bits per heavy atom. The molecule has 1 aliphatic rings. The number of nitrogens with one attached hydrogen (secondary N) is 1. The SMILES string of the molecule is Cc1cc(CC2CCCN2)ccc1OCc1ccccc1. The smallest absolute Gasteiger partial charge is 0.122 e. The Kier molecular flexibility index (Phi) is 4.56. The minimum absolute atomic E-state index is 0.630. The molecular formula is C19H23NO. The van der Waals surface area contributed by atoms with E-state index in [0.717, 1.165) is 12.2 Å². The molecule has 0 amide bonds. The second-order valence-electron chi connectivity index (χ2n) is 5.87. The van der Waals surface area contributed by atoms with Crippen molar-refractivity contribution < 1.29 is 4.74 Å². The van der Waals surface area contributed by atoms with Gasteiger partial charge in [0, 0.05) is 6.04 Å². The molecule has 110 valence electrons. The monoisotopic (exact) mass is 281 g/mol. The van der Waals surface area contributed by atoms with Gasteiger partial charge in [0.15, 0.2) is 0 Å². The number of ether oxygens (including phenoxy) is 1. The third-order valence-corrected chi connectivity index (χ3v) is 4.12. The van der Waals surface area contributed by atoms with Gasteiger partial charge in [0.25, 0.3) is 0 Å². The van der Waals surface area contributed by atoms with Gasteiger partial charge in [0.1, 0.15) is 12.4 Å². The molecule has 1 saturated heterocycles. The van der Waals surface area contributed by atoms with Crippen LogP contribution in [0.1, 0.15) is 29.5 Å². The van der Waals surface area contributed by atoms with Crippen LogP contribution in [0.3, 0.4) is 0 Å². The standard InChI is InChI=1S/C19H23NO/c1-15-12-17(13-18-8-5-11-20-18)9-10-19(15)21-14-16-6-3-2-4-7-16/h2-4,6-7,9-10,12,18,20H,5,8,11,13-14H2,1H3. The zero-order valence-electron chi connectivity index (χ0n) is 12.6. The van der Waals surface area contributed by atoms with Crippen molar-refractivity contribution in [3.63, 3.8) is 0 Å². The molecule has 0 radical (unpaired) electrons. The lowest BCUT2D eigenvalue weighted by Crippen LogP contribution is -2.23. The van der Waals surface area contributed by atoms with Crippen molar-refractivity contribution in [2.45, 2.75) is 38.8 Å². The second-order valence-corrected chi connectivity index (χ2v) is 5.87. The average Bonchev–Trinajstić information content (AvgIpc) is 3.00. The molecule has 1 aliphatic heterocycles. The molecule has 0 aromatic heterocycles. The minimum atomic E-state index is 0.630. The fourth-order valence-electron chi connectivity index (χ4n) is 2.95. The molecule has 2 nitrogen and oxygen atoms in total. The van der Waals surface area contributed by atoms with E-state index in [1.807, 2.05) is 18.2 Å². The third-order valence-electron chi connectivity index (χ3n) is 4.12. The quantitative estimate of drug-likeness (QED) is 0.898. The number of aryl methyl sites for hydroxylation is 1. The highest BCUT2D eigenvalue weighted by molar-refractivity contribution is 5.36. The molecule has 2 heteroatoms. The van der Waals surface area contributed by atoms with Gasteiger partial charge in [-0.15, -0.1) is 0 Å². The van der Waals surface area contributed by atoms with Crippen LogP contribution in [0.4, 0.5) is 0 Å². The fraction of sp³-hybridized carbons (Fsp3) is 0.368. The predicted molar refractivity (Wildman–Crippen MR) is 86.7 cm³/mol. The summed E-state index contributed by atoms with van der Waals surface area (Å²) in [5, 5.41) is 3.55. The topological polar surface area (TPSA) is 21.3 Å². The van der Waals surface area contributed by atoms with Crippen LogP contribution in [0.25, 0.3) is 0 Å². The van der Waals surface area contributed by atoms with Crippen molar-refractivity contribution in [3.05, 3.63) is 65.2 Å². The van der Waals surface area contributed by atoms with Gasteiger partial charge in [-0.2, -0.15) is 0 Å². The molecule has 0 spiro atoms. The zero-order chi connectivity index (χ0) is 14.5. The van der Waals surface area contributed by atoms with Gasteiger partial charge in [-0.05, 0) is 55.5 Å². The maximum atomic E-state index is 5.93. The highest BCUT2D eigenvalue weighted by Crippen LogP contribution is 2.22. The summed E-state index contributed by atoms with van der Waals surface area (Å²) in [6, 6.07) is 17.5. The first-order valence-corrected chi connectivity index (χ1v) is 7.81. The van der Waals surface area contributed by atoms with Gasteiger partial charge in [0.05, 0.1) is 0 Å². The van der Waals surface area contributed by atoms with Gasteiger partial charge in [-0.3, -0.25) is 0 Å². The molecule has 1 unspecified atom stereocenters. The Morgan fingerprint density at radius 1 is 1.10 bits per heavy atom. The van der Waals surface area contributed by atoms with E-state index < -0.39 is 0 Å². The second kappa shape index (κ2) is 6.77. The van der Waals surface area contributed by atoms with Crippen LogP contribution in [0.15, 0.2) is 48.5 Å². The lowest BCUT2D eigenvalue weighted by Gasteiger charge is -2.13. The minimum Gasteiger partial charge on any atom is -0.489 e. The maximum absolute atomic E-state index is 5.93. The van der Waals surface area contributed by atoms with Crippen molar-refractivity contribution in [1.82, 2.24) is 5.32 Å². The van der Waals surface area contributed by atoms with E-state index in [4.69, 9.17) is 4.74 Å². The van der Waals surface area contributed by atoms with E-state index in [0.29, 0.717) is 12.6 Å². The van der Waals surface area contributed by atoms with E-state index in [2.05, 4.69) is 42.6 Å². The zero-order valence-corrected chi connectivity index (χ0v) is 12.6. The summed E-state index contributed by atoms with van der Waals surface area (Å²) >= 11 is 0. The lowest BCUT2D eigenvalue weighted by molar-refractivity contribution is 0.304. The maximum Gasteiger partial charge on any atom is 0.122 e. The van der Waals surface area contributed by atoms with Crippen LogP contribution in [0.2, 0.25) is 0 Å². The van der Waals surface area contributed by atoms with Crippen LogP contribution in [-0.4, -0.2) is 12.6 Å². The molecule has 1 heterocycles. The summed E-state index contributed by atoms with van der Waals surface area (Å²) in [5.41, 5.74) is 3.83. The average molecular weight is 281 g/mol. The largest absolute Gasteiger partial charge is 0.489 e. The highest BCUT2D eigenvalue weighted by atomic mass is 16.5. The number of hydrogen-bond donors (Lipinski definition) is 1. The van der Waals surface area contributed by atoms with Crippen molar-refractivity contribution in [2.75, 3.05) is 6.54 Å². The van der Waals surface area contributed by atoms with Crippen LogP contribution >= 0.6 is 0 Å². The van der Waals surface area contributed by atoms with E-state index in [1.54, 1.807) is 0 Å². The van der Waals surface area contributed by atoms with E-state index in [1.165, 1.54) is 36.1 Å². The molecule has 2 aromatic carbocycles. The third kappa shape index (κ3) is 3.85. The van der Waals surface area contributed by atoms with E-state index >= 15 is 0 Å². The summed E-state index contributed by atoms with van der Waals surface area (Å²) in [4.78, 5) is 0. The highest BCUT2D eigenvalue weighted by Gasteiger charge is 2.14. The van der Waals surface area contributed by atoms with Crippen molar-refractivity contribution in [2.24, 2.45) is 0 Å². The summed E-state index contributed by atoms with van der Waals surface area (Å²) < 4.78 is 5.93. The van der Waals surface area contributed by atoms with E-state index in [-0.39, 0.29) is 0 Å². The number of benzene rings is 2. The number of rotatable bonds is 5. The van der Waals surface area contributed by atoms with Crippen molar-refractivity contribution in [3.8, 4) is 5.75 Å². The van der Waals surface area contributed by atoms with Crippen LogP contribution in [-0.2, 0) is 13.0 Å². The molecule has 0 aliphatic carbocycles. The molecule has 1 N–H and O–H groups in total. The Bertz CT molecular complexity index is 573. The predicted octanol–water partition coefficient (Wildman–Crippen LogP) is 3.87. The van der Waals surface area contributed by atoms with Crippen molar-refractivity contribution in [1.29, 1.82) is 0 Å². The number of hydrogen-bond acceptors (Lipinski definition) is 2. The molecule has 1 fully saturated rings. The van der Waals surface area contributed by atoms with Gasteiger partial charge in [-0.1, -0.05) is 42.5 Å². The van der Waals surface area contributed by atoms with E-state index in [9.17, 15) is 0 Å². The summed E-state index contributed by atoms with van der Waals surface area (Å²) in [7, 11) is 0. The molecule has 0 saturated carbocycles. The molecule has 0 bridgehead atoms. The first kappa shape index (κ1) is 14.2. The Morgan fingerprint density at radius 3 is 2.67 bits per heavy atom. The Labute approximate surface area is 127 Å². The Balaban J connectivity index is 1.61. The summed E-state index contributed by atoms with van der Waals surface area (Å²) in [5.74, 6) is 0.988. The molecule has 1 atom stereocenters. The first-order valence-electron chi connectivity index (χ1n) is 7.81. The van der Waals surface area contributed by atoms with Crippen LogP contribution in [0, 0.1) is 6.92 Å². The van der Waals surface area contributed by atoms with Crippen LogP contribution < -0.4 is 10.1 Å². The summed E-state index contributed by atoms with van der Waals surface area (Å²) in [6.45, 7) is 3.93. The normalized spacial score (nSPS) is 17.9. The van der Waals surface area contributed by atoms with Gasteiger partial charge < -0.3 is 10.1 Å².